The number of benzene rings is 1. The van der Waals surface area contributed by atoms with Crippen molar-refractivity contribution in [3.8, 4) is 0 Å². The Morgan fingerprint density at radius 3 is 2.40 bits per heavy atom. The summed E-state index contributed by atoms with van der Waals surface area (Å²) in [6, 6.07) is 5.31. The molecular formula is C11H13BrO2S. The van der Waals surface area contributed by atoms with Gasteiger partial charge in [0.05, 0.1) is 5.56 Å². The molecule has 0 saturated heterocycles. The van der Waals surface area contributed by atoms with E-state index < -0.39 is 5.97 Å². The van der Waals surface area contributed by atoms with Crippen molar-refractivity contribution in [1.82, 2.24) is 0 Å². The van der Waals surface area contributed by atoms with E-state index in [2.05, 4.69) is 36.7 Å². The number of aromatic carboxylic acids is 1. The van der Waals surface area contributed by atoms with E-state index in [0.29, 0.717) is 10.0 Å². The van der Waals surface area contributed by atoms with Gasteiger partial charge in [0.15, 0.2) is 0 Å². The second-order valence-corrected chi connectivity index (χ2v) is 6.92. The van der Waals surface area contributed by atoms with E-state index in [9.17, 15) is 4.79 Å². The first-order valence-corrected chi connectivity index (χ1v) is 6.12. The van der Waals surface area contributed by atoms with Gasteiger partial charge in [0.1, 0.15) is 0 Å². The molecule has 0 aromatic heterocycles. The molecule has 0 amide bonds. The summed E-state index contributed by atoms with van der Waals surface area (Å²) in [4.78, 5) is 11.9. The number of carbonyl (C=O) groups is 1. The van der Waals surface area contributed by atoms with E-state index in [-0.39, 0.29) is 4.75 Å². The van der Waals surface area contributed by atoms with Gasteiger partial charge in [-0.25, -0.2) is 4.79 Å². The fraction of sp³-hybridized carbons (Fsp3) is 0.364. The van der Waals surface area contributed by atoms with Crippen LogP contribution in [0.4, 0.5) is 0 Å². The molecule has 0 saturated carbocycles. The van der Waals surface area contributed by atoms with Crippen LogP contribution in [0.3, 0.4) is 0 Å². The van der Waals surface area contributed by atoms with Gasteiger partial charge in [0.25, 0.3) is 0 Å². The Labute approximate surface area is 102 Å². The molecule has 4 heteroatoms. The van der Waals surface area contributed by atoms with Gasteiger partial charge in [-0.05, 0) is 34.1 Å². The van der Waals surface area contributed by atoms with Gasteiger partial charge in [-0.2, -0.15) is 0 Å². The lowest BCUT2D eigenvalue weighted by atomic mass is 10.2. The molecule has 0 unspecified atom stereocenters. The topological polar surface area (TPSA) is 37.3 Å². The molecule has 1 aromatic rings. The van der Waals surface area contributed by atoms with Crippen LogP contribution >= 0.6 is 27.7 Å². The quantitative estimate of drug-likeness (QED) is 0.835. The zero-order valence-electron chi connectivity index (χ0n) is 8.87. The zero-order valence-corrected chi connectivity index (χ0v) is 11.3. The Bertz CT molecular complexity index is 383. The lowest BCUT2D eigenvalue weighted by molar-refractivity contribution is 0.0696. The maximum Gasteiger partial charge on any atom is 0.336 e. The van der Waals surface area contributed by atoms with Crippen molar-refractivity contribution in [1.29, 1.82) is 0 Å². The number of rotatable bonds is 2. The minimum atomic E-state index is -0.908. The molecule has 0 bridgehead atoms. The molecule has 0 aliphatic heterocycles. The molecule has 0 fully saturated rings. The van der Waals surface area contributed by atoms with E-state index in [4.69, 9.17) is 5.11 Å². The highest BCUT2D eigenvalue weighted by molar-refractivity contribution is 9.10. The predicted octanol–water partition coefficient (Wildman–Crippen LogP) is 4.04. The number of hydrogen-bond donors (Lipinski definition) is 1. The highest BCUT2D eigenvalue weighted by Crippen LogP contribution is 2.34. The summed E-state index contributed by atoms with van der Waals surface area (Å²) >= 11 is 4.97. The van der Waals surface area contributed by atoms with Crippen molar-refractivity contribution < 1.29 is 9.90 Å². The van der Waals surface area contributed by atoms with Crippen LogP contribution in [0.2, 0.25) is 0 Å². The minimum absolute atomic E-state index is 0.129. The maximum atomic E-state index is 10.8. The van der Waals surface area contributed by atoms with Crippen LogP contribution < -0.4 is 0 Å². The third kappa shape index (κ3) is 3.87. The average molecular weight is 289 g/mol. The number of hydrogen-bond acceptors (Lipinski definition) is 2. The molecule has 15 heavy (non-hydrogen) atoms. The van der Waals surface area contributed by atoms with Gasteiger partial charge < -0.3 is 5.11 Å². The van der Waals surface area contributed by atoms with Crippen LogP contribution in [0.5, 0.6) is 0 Å². The van der Waals surface area contributed by atoms with Crippen molar-refractivity contribution >= 4 is 33.7 Å². The summed E-state index contributed by atoms with van der Waals surface area (Å²) in [5, 5.41) is 8.85. The Hall–Kier alpha value is -0.480. The Morgan fingerprint density at radius 2 is 2.00 bits per heavy atom. The lowest BCUT2D eigenvalue weighted by Gasteiger charge is -2.17. The predicted molar refractivity (Wildman–Crippen MR) is 66.7 cm³/mol. The number of carboxylic acids is 1. The largest absolute Gasteiger partial charge is 0.478 e. The summed E-state index contributed by atoms with van der Waals surface area (Å²) in [5.74, 6) is -0.908. The molecule has 0 radical (unpaired) electrons. The van der Waals surface area contributed by atoms with Crippen molar-refractivity contribution in [3.05, 3.63) is 28.2 Å². The molecule has 1 N–H and O–H groups in total. The molecule has 0 heterocycles. The van der Waals surface area contributed by atoms with Crippen LogP contribution in [0, 0.1) is 0 Å². The van der Waals surface area contributed by atoms with Gasteiger partial charge in [-0.15, -0.1) is 11.8 Å². The van der Waals surface area contributed by atoms with Crippen LogP contribution in [0.1, 0.15) is 31.1 Å². The standard InChI is InChI=1S/C11H13BrO2S/c1-11(2,3)15-7-4-5-8(10(13)14)9(12)6-7/h4-6H,1-3H3,(H,13,14). The van der Waals surface area contributed by atoms with Crippen LogP contribution in [0.15, 0.2) is 27.6 Å². The van der Waals surface area contributed by atoms with Gasteiger partial charge in [0.2, 0.25) is 0 Å². The summed E-state index contributed by atoms with van der Waals surface area (Å²) < 4.78 is 0.758. The molecule has 0 atom stereocenters. The Morgan fingerprint density at radius 1 is 1.40 bits per heavy atom. The third-order valence-electron chi connectivity index (χ3n) is 1.59. The number of carboxylic acid groups (broad SMARTS) is 1. The Kier molecular flexibility index (Phi) is 3.84. The second kappa shape index (κ2) is 4.58. The smallest absolute Gasteiger partial charge is 0.336 e. The fourth-order valence-corrected chi connectivity index (χ4v) is 2.81. The molecule has 0 aliphatic rings. The lowest BCUT2D eigenvalue weighted by Crippen LogP contribution is -2.06. The van der Waals surface area contributed by atoms with E-state index in [1.165, 1.54) is 0 Å². The first-order chi connectivity index (χ1) is 6.79. The first-order valence-electron chi connectivity index (χ1n) is 4.51. The molecular weight excluding hydrogens is 276 g/mol. The Balaban J connectivity index is 2.97. The molecule has 1 aromatic carbocycles. The third-order valence-corrected chi connectivity index (χ3v) is 3.35. The molecule has 1 rings (SSSR count). The number of thioether (sulfide) groups is 1. The van der Waals surface area contributed by atoms with Gasteiger partial charge in [-0.3, -0.25) is 0 Å². The van der Waals surface area contributed by atoms with Crippen LogP contribution in [-0.2, 0) is 0 Å². The van der Waals surface area contributed by atoms with E-state index in [0.717, 1.165) is 4.90 Å². The van der Waals surface area contributed by atoms with Crippen molar-refractivity contribution in [2.75, 3.05) is 0 Å². The van der Waals surface area contributed by atoms with E-state index in [1.54, 1.807) is 17.8 Å². The zero-order chi connectivity index (χ0) is 11.6. The number of halogens is 1. The SMILES string of the molecule is CC(C)(C)Sc1ccc(C(=O)O)c(Br)c1. The summed E-state index contributed by atoms with van der Waals surface area (Å²) in [6.45, 7) is 6.37. The first kappa shape index (κ1) is 12.6. The molecule has 82 valence electrons. The highest BCUT2D eigenvalue weighted by atomic mass is 79.9. The maximum absolute atomic E-state index is 10.8. The normalized spacial score (nSPS) is 11.5. The van der Waals surface area contributed by atoms with Gasteiger partial charge in [-0.1, -0.05) is 20.8 Å². The minimum Gasteiger partial charge on any atom is -0.478 e. The van der Waals surface area contributed by atoms with E-state index in [1.807, 2.05) is 12.1 Å². The molecule has 2 nitrogen and oxygen atoms in total. The van der Waals surface area contributed by atoms with Crippen molar-refractivity contribution in [2.24, 2.45) is 0 Å². The van der Waals surface area contributed by atoms with Gasteiger partial charge >= 0.3 is 5.97 Å². The average Bonchev–Trinajstić information content (AvgIpc) is 1.99. The van der Waals surface area contributed by atoms with Crippen LogP contribution in [-0.4, -0.2) is 15.8 Å². The summed E-state index contributed by atoms with van der Waals surface area (Å²) in [6.07, 6.45) is 0. The molecule has 0 aliphatic carbocycles. The fourth-order valence-electron chi connectivity index (χ4n) is 1.09. The van der Waals surface area contributed by atoms with Gasteiger partial charge in [0, 0.05) is 14.1 Å². The van der Waals surface area contributed by atoms with Crippen LogP contribution in [0.25, 0.3) is 0 Å². The van der Waals surface area contributed by atoms with Crippen molar-refractivity contribution in [2.45, 2.75) is 30.4 Å². The van der Waals surface area contributed by atoms with Crippen molar-refractivity contribution in [3.63, 3.8) is 0 Å². The van der Waals surface area contributed by atoms with E-state index >= 15 is 0 Å². The summed E-state index contributed by atoms with van der Waals surface area (Å²) in [5.41, 5.74) is 0.299. The molecule has 0 spiro atoms. The second-order valence-electron chi connectivity index (χ2n) is 4.16. The monoisotopic (exact) mass is 288 g/mol. The highest BCUT2D eigenvalue weighted by Gasteiger charge is 2.14. The summed E-state index contributed by atoms with van der Waals surface area (Å²) in [7, 11) is 0.